The number of methoxy groups -OCH3 is 1. The normalized spacial score (nSPS) is 14.0. The van der Waals surface area contributed by atoms with E-state index in [1.54, 1.807) is 13.3 Å². The summed E-state index contributed by atoms with van der Waals surface area (Å²) in [5.74, 6) is 2.34. The minimum absolute atomic E-state index is 0.0514. The fourth-order valence-electron chi connectivity index (χ4n) is 3.07. The molecule has 144 valence electrons. The second kappa shape index (κ2) is 9.12. The van der Waals surface area contributed by atoms with E-state index in [0.29, 0.717) is 37.7 Å². The number of hydrogen-bond acceptors (Lipinski definition) is 5. The molecule has 2 amide bonds. The maximum Gasteiger partial charge on any atom is 0.317 e. The van der Waals surface area contributed by atoms with Gasteiger partial charge in [-0.3, -0.25) is 0 Å². The Labute approximate surface area is 159 Å². The molecule has 0 spiro atoms. The zero-order valence-corrected chi connectivity index (χ0v) is 15.9. The number of carbonyl (C=O) groups is 1. The van der Waals surface area contributed by atoms with Crippen LogP contribution in [0.25, 0.3) is 0 Å². The summed E-state index contributed by atoms with van der Waals surface area (Å²) in [6, 6.07) is 11.5. The first kappa shape index (κ1) is 18.8. The molecule has 0 saturated carbocycles. The third-order valence-corrected chi connectivity index (χ3v) is 4.51. The molecule has 1 saturated heterocycles. The average molecular weight is 370 g/mol. The van der Waals surface area contributed by atoms with E-state index in [1.807, 2.05) is 48.2 Å². The van der Waals surface area contributed by atoms with Gasteiger partial charge in [0.05, 0.1) is 13.7 Å². The average Bonchev–Trinajstić information content (AvgIpc) is 2.73. The van der Waals surface area contributed by atoms with Crippen LogP contribution in [0.2, 0.25) is 0 Å². The quantitative estimate of drug-likeness (QED) is 0.846. The van der Waals surface area contributed by atoms with E-state index in [1.165, 1.54) is 0 Å². The van der Waals surface area contributed by atoms with Gasteiger partial charge in [0, 0.05) is 38.9 Å². The minimum atomic E-state index is -0.0514. The van der Waals surface area contributed by atoms with Crippen molar-refractivity contribution in [2.24, 2.45) is 0 Å². The molecule has 1 aromatic heterocycles. The lowest BCUT2D eigenvalue weighted by Crippen LogP contribution is -2.51. The summed E-state index contributed by atoms with van der Waals surface area (Å²) in [5, 5.41) is 2.99. The van der Waals surface area contributed by atoms with Gasteiger partial charge in [-0.2, -0.15) is 0 Å². The van der Waals surface area contributed by atoms with Crippen LogP contribution in [-0.4, -0.2) is 55.8 Å². The molecule has 1 N–H and O–H groups in total. The summed E-state index contributed by atoms with van der Waals surface area (Å²) >= 11 is 0. The smallest absolute Gasteiger partial charge is 0.317 e. The maximum absolute atomic E-state index is 12.5. The summed E-state index contributed by atoms with van der Waals surface area (Å²) in [6.45, 7) is 5.85. The number of anilines is 1. The van der Waals surface area contributed by atoms with Crippen LogP contribution in [0, 0.1) is 0 Å². The van der Waals surface area contributed by atoms with Gasteiger partial charge in [0.2, 0.25) is 0 Å². The highest BCUT2D eigenvalue weighted by molar-refractivity contribution is 5.74. The van der Waals surface area contributed by atoms with E-state index in [-0.39, 0.29) is 6.03 Å². The number of hydrogen-bond donors (Lipinski definition) is 1. The maximum atomic E-state index is 12.5. The molecule has 1 aliphatic heterocycles. The van der Waals surface area contributed by atoms with Gasteiger partial charge in [-0.05, 0) is 36.8 Å². The van der Waals surface area contributed by atoms with E-state index in [9.17, 15) is 4.79 Å². The molecule has 7 nitrogen and oxygen atoms in total. The van der Waals surface area contributed by atoms with Gasteiger partial charge in [-0.15, -0.1) is 0 Å². The van der Waals surface area contributed by atoms with Gasteiger partial charge in [0.15, 0.2) is 11.5 Å². The van der Waals surface area contributed by atoms with Crippen LogP contribution in [0.5, 0.6) is 11.5 Å². The van der Waals surface area contributed by atoms with Crippen molar-refractivity contribution >= 4 is 11.8 Å². The molecule has 27 heavy (non-hydrogen) atoms. The van der Waals surface area contributed by atoms with E-state index in [4.69, 9.17) is 9.47 Å². The molecule has 1 fully saturated rings. The molecule has 0 radical (unpaired) electrons. The number of rotatable bonds is 6. The molecule has 0 bridgehead atoms. The van der Waals surface area contributed by atoms with Crippen molar-refractivity contribution in [2.45, 2.75) is 13.5 Å². The topological polar surface area (TPSA) is 66.9 Å². The molecular formula is C20H26N4O3. The standard InChI is InChI=1S/C20H26N4O3/c1-3-27-18-14-16(7-8-17(18)26-2)15-22-20(25)24-12-10-23(11-13-24)19-6-4-5-9-21-19/h4-9,14H,3,10-13,15H2,1-2H3,(H,22,25). The van der Waals surface area contributed by atoms with Gasteiger partial charge in [-0.1, -0.05) is 12.1 Å². The largest absolute Gasteiger partial charge is 0.493 e. The lowest BCUT2D eigenvalue weighted by Gasteiger charge is -2.35. The van der Waals surface area contributed by atoms with Crippen molar-refractivity contribution in [1.29, 1.82) is 0 Å². The zero-order valence-electron chi connectivity index (χ0n) is 15.9. The number of aromatic nitrogens is 1. The van der Waals surface area contributed by atoms with Crippen molar-refractivity contribution in [3.63, 3.8) is 0 Å². The number of benzene rings is 1. The SMILES string of the molecule is CCOc1cc(CNC(=O)N2CCN(c3ccccn3)CC2)ccc1OC. The van der Waals surface area contributed by atoms with Crippen molar-refractivity contribution in [1.82, 2.24) is 15.2 Å². The number of nitrogens with zero attached hydrogens (tertiary/aromatic N) is 3. The minimum Gasteiger partial charge on any atom is -0.493 e. The number of nitrogens with one attached hydrogen (secondary N) is 1. The molecule has 0 unspecified atom stereocenters. The molecule has 0 atom stereocenters. The van der Waals surface area contributed by atoms with E-state index in [0.717, 1.165) is 24.5 Å². The predicted octanol–water partition coefficient (Wildman–Crippen LogP) is 2.52. The fraction of sp³-hybridized carbons (Fsp3) is 0.400. The number of piperazine rings is 1. The van der Waals surface area contributed by atoms with Crippen molar-refractivity contribution in [2.75, 3.05) is 44.8 Å². The van der Waals surface area contributed by atoms with Crippen LogP contribution in [0.15, 0.2) is 42.6 Å². The number of carbonyl (C=O) groups excluding carboxylic acids is 1. The predicted molar refractivity (Wildman–Crippen MR) is 104 cm³/mol. The van der Waals surface area contributed by atoms with Crippen molar-refractivity contribution < 1.29 is 14.3 Å². The molecule has 1 aromatic carbocycles. The van der Waals surface area contributed by atoms with Crippen LogP contribution in [-0.2, 0) is 6.54 Å². The Morgan fingerprint density at radius 3 is 2.63 bits per heavy atom. The van der Waals surface area contributed by atoms with Crippen LogP contribution < -0.4 is 19.7 Å². The van der Waals surface area contributed by atoms with Crippen molar-refractivity contribution in [3.8, 4) is 11.5 Å². The summed E-state index contributed by atoms with van der Waals surface area (Å²) in [7, 11) is 1.61. The first-order valence-corrected chi connectivity index (χ1v) is 9.19. The van der Waals surface area contributed by atoms with Crippen LogP contribution >= 0.6 is 0 Å². The first-order valence-electron chi connectivity index (χ1n) is 9.19. The van der Waals surface area contributed by atoms with E-state index in [2.05, 4.69) is 15.2 Å². The fourth-order valence-corrected chi connectivity index (χ4v) is 3.07. The van der Waals surface area contributed by atoms with Crippen LogP contribution in [0.3, 0.4) is 0 Å². The second-order valence-electron chi connectivity index (χ2n) is 6.24. The highest BCUT2D eigenvalue weighted by Crippen LogP contribution is 2.28. The Bertz CT molecular complexity index is 746. The Hall–Kier alpha value is -2.96. The van der Waals surface area contributed by atoms with Crippen molar-refractivity contribution in [3.05, 3.63) is 48.2 Å². The van der Waals surface area contributed by atoms with Gasteiger partial charge in [0.1, 0.15) is 5.82 Å². The number of urea groups is 1. The van der Waals surface area contributed by atoms with Gasteiger partial charge in [0.25, 0.3) is 0 Å². The molecule has 0 aliphatic carbocycles. The van der Waals surface area contributed by atoms with Crippen LogP contribution in [0.1, 0.15) is 12.5 Å². The third-order valence-electron chi connectivity index (χ3n) is 4.51. The second-order valence-corrected chi connectivity index (χ2v) is 6.24. The lowest BCUT2D eigenvalue weighted by atomic mass is 10.2. The zero-order chi connectivity index (χ0) is 19.1. The molecule has 1 aliphatic rings. The number of pyridine rings is 1. The molecule has 3 rings (SSSR count). The molecular weight excluding hydrogens is 344 g/mol. The highest BCUT2D eigenvalue weighted by Gasteiger charge is 2.21. The highest BCUT2D eigenvalue weighted by atomic mass is 16.5. The first-order chi connectivity index (χ1) is 13.2. The Morgan fingerprint density at radius 1 is 1.15 bits per heavy atom. The van der Waals surface area contributed by atoms with Gasteiger partial charge >= 0.3 is 6.03 Å². The Kier molecular flexibility index (Phi) is 6.35. The summed E-state index contributed by atoms with van der Waals surface area (Å²) < 4.78 is 10.9. The summed E-state index contributed by atoms with van der Waals surface area (Å²) in [5.41, 5.74) is 0.972. The summed E-state index contributed by atoms with van der Waals surface area (Å²) in [4.78, 5) is 20.9. The van der Waals surface area contributed by atoms with E-state index >= 15 is 0 Å². The molecule has 7 heteroatoms. The molecule has 2 aromatic rings. The van der Waals surface area contributed by atoms with Crippen LogP contribution in [0.4, 0.5) is 10.6 Å². The summed E-state index contributed by atoms with van der Waals surface area (Å²) in [6.07, 6.45) is 1.79. The lowest BCUT2D eigenvalue weighted by molar-refractivity contribution is 0.194. The van der Waals surface area contributed by atoms with Gasteiger partial charge < -0.3 is 24.6 Å². The molecule has 2 heterocycles. The third kappa shape index (κ3) is 4.81. The van der Waals surface area contributed by atoms with Gasteiger partial charge in [-0.25, -0.2) is 9.78 Å². The number of amides is 2. The Morgan fingerprint density at radius 2 is 1.96 bits per heavy atom. The number of ether oxygens (including phenoxy) is 2. The Balaban J connectivity index is 1.51. The monoisotopic (exact) mass is 370 g/mol. The van der Waals surface area contributed by atoms with E-state index < -0.39 is 0 Å².